The minimum Gasteiger partial charge on any atom is -0.337 e. The molecule has 3 rings (SSSR count). The zero-order valence-corrected chi connectivity index (χ0v) is 15.2. The molecule has 0 radical (unpaired) electrons. The third-order valence-corrected chi connectivity index (χ3v) is 6.77. The van der Waals surface area contributed by atoms with E-state index >= 15 is 0 Å². The first-order valence-electron chi connectivity index (χ1n) is 8.51. The minimum atomic E-state index is -3.01. The van der Waals surface area contributed by atoms with Gasteiger partial charge < -0.3 is 14.4 Å². The molecule has 134 valence electrons. The molecule has 0 spiro atoms. The van der Waals surface area contributed by atoms with E-state index in [0.29, 0.717) is 19.4 Å². The van der Waals surface area contributed by atoms with Crippen molar-refractivity contribution in [3.05, 3.63) is 18.2 Å². The van der Waals surface area contributed by atoms with E-state index in [2.05, 4.69) is 9.55 Å². The van der Waals surface area contributed by atoms with E-state index in [0.717, 1.165) is 25.3 Å². The van der Waals surface area contributed by atoms with Crippen molar-refractivity contribution in [3.8, 4) is 0 Å². The second-order valence-corrected chi connectivity index (χ2v) is 9.35. The molecule has 0 aromatic carbocycles. The van der Waals surface area contributed by atoms with Gasteiger partial charge in [0.1, 0.15) is 5.82 Å². The van der Waals surface area contributed by atoms with Gasteiger partial charge in [0, 0.05) is 50.4 Å². The third kappa shape index (κ3) is 3.80. The molecule has 24 heavy (non-hydrogen) atoms. The first-order valence-corrected chi connectivity index (χ1v) is 10.3. The van der Waals surface area contributed by atoms with Crippen LogP contribution >= 0.6 is 0 Å². The summed E-state index contributed by atoms with van der Waals surface area (Å²) in [7, 11) is 0.921. The van der Waals surface area contributed by atoms with Gasteiger partial charge in [0.25, 0.3) is 0 Å². The van der Waals surface area contributed by atoms with Gasteiger partial charge in [-0.25, -0.2) is 13.4 Å². The lowest BCUT2D eigenvalue weighted by Crippen LogP contribution is -2.48. The first-order chi connectivity index (χ1) is 11.4. The van der Waals surface area contributed by atoms with Crippen molar-refractivity contribution in [3.63, 3.8) is 0 Å². The zero-order chi connectivity index (χ0) is 17.3. The number of amides is 1. The molecule has 1 fully saturated rings. The standard InChI is InChI=1S/C16H26N4O3S/c1-18(2)8-9-20(14-4-10-24(22,23)12-14)16(21)13-3-6-19-7-5-17-15(19)11-13/h5,7,13-14H,3-4,6,8-12H2,1-2H3. The van der Waals surface area contributed by atoms with Crippen molar-refractivity contribution in [2.75, 3.05) is 38.7 Å². The second kappa shape index (κ2) is 6.84. The molecule has 8 heteroatoms. The quantitative estimate of drug-likeness (QED) is 0.745. The maximum Gasteiger partial charge on any atom is 0.226 e. The van der Waals surface area contributed by atoms with Crippen LogP contribution in [0, 0.1) is 5.92 Å². The Kier molecular flexibility index (Phi) is 4.96. The van der Waals surface area contributed by atoms with Crippen LogP contribution in [0.1, 0.15) is 18.7 Å². The van der Waals surface area contributed by atoms with Crippen molar-refractivity contribution >= 4 is 15.7 Å². The van der Waals surface area contributed by atoms with Crippen molar-refractivity contribution in [2.24, 2.45) is 5.92 Å². The normalized spacial score (nSPS) is 25.6. The number of fused-ring (bicyclic) bond motifs is 1. The highest BCUT2D eigenvalue weighted by atomic mass is 32.2. The number of rotatable bonds is 5. The number of aromatic nitrogens is 2. The van der Waals surface area contributed by atoms with Gasteiger partial charge in [-0.2, -0.15) is 0 Å². The number of aryl methyl sites for hydroxylation is 1. The van der Waals surface area contributed by atoms with Gasteiger partial charge >= 0.3 is 0 Å². The van der Waals surface area contributed by atoms with Gasteiger partial charge in [-0.1, -0.05) is 0 Å². The second-order valence-electron chi connectivity index (χ2n) is 7.12. The Hall–Kier alpha value is -1.41. The van der Waals surface area contributed by atoms with E-state index in [9.17, 15) is 13.2 Å². The summed E-state index contributed by atoms with van der Waals surface area (Å²) < 4.78 is 25.8. The Morgan fingerprint density at radius 3 is 2.79 bits per heavy atom. The van der Waals surface area contributed by atoms with E-state index in [4.69, 9.17) is 0 Å². The fourth-order valence-electron chi connectivity index (χ4n) is 3.60. The first kappa shape index (κ1) is 17.4. The maximum atomic E-state index is 13.1. The molecule has 0 N–H and O–H groups in total. The highest BCUT2D eigenvalue weighted by Gasteiger charge is 2.37. The van der Waals surface area contributed by atoms with E-state index in [1.807, 2.05) is 30.1 Å². The predicted molar refractivity (Wildman–Crippen MR) is 91.4 cm³/mol. The summed E-state index contributed by atoms with van der Waals surface area (Å²) in [5, 5.41) is 0. The van der Waals surface area contributed by atoms with Gasteiger partial charge in [0.05, 0.1) is 11.5 Å². The summed E-state index contributed by atoms with van der Waals surface area (Å²) in [6.07, 6.45) is 5.71. The average Bonchev–Trinajstić information content (AvgIpc) is 3.12. The fourth-order valence-corrected chi connectivity index (χ4v) is 5.33. The molecule has 1 aromatic rings. The van der Waals surface area contributed by atoms with Crippen molar-refractivity contribution in [1.82, 2.24) is 19.4 Å². The molecular weight excluding hydrogens is 328 g/mol. The van der Waals surface area contributed by atoms with E-state index in [-0.39, 0.29) is 29.4 Å². The van der Waals surface area contributed by atoms with Gasteiger partial charge in [-0.15, -0.1) is 0 Å². The van der Waals surface area contributed by atoms with Crippen LogP contribution in [0.15, 0.2) is 12.4 Å². The highest BCUT2D eigenvalue weighted by molar-refractivity contribution is 7.91. The number of hydrogen-bond donors (Lipinski definition) is 0. The molecule has 2 aliphatic rings. The summed E-state index contributed by atoms with van der Waals surface area (Å²) in [5.41, 5.74) is 0. The minimum absolute atomic E-state index is 0.0909. The smallest absolute Gasteiger partial charge is 0.226 e. The number of carbonyl (C=O) groups excluding carboxylic acids is 1. The lowest BCUT2D eigenvalue weighted by molar-refractivity contribution is -0.138. The Balaban J connectivity index is 1.73. The molecule has 1 aromatic heterocycles. The SMILES string of the molecule is CN(C)CCN(C(=O)C1CCn2ccnc2C1)C1CCS(=O)(=O)C1. The Morgan fingerprint density at radius 1 is 1.33 bits per heavy atom. The number of carbonyl (C=O) groups is 1. The van der Waals surface area contributed by atoms with Crippen LogP contribution in [-0.2, 0) is 27.6 Å². The molecule has 0 saturated carbocycles. The summed E-state index contributed by atoms with van der Waals surface area (Å²) in [6.45, 7) is 2.12. The molecule has 0 bridgehead atoms. The van der Waals surface area contributed by atoms with E-state index < -0.39 is 9.84 Å². The molecule has 2 aliphatic heterocycles. The van der Waals surface area contributed by atoms with E-state index in [1.54, 1.807) is 6.20 Å². The Morgan fingerprint density at radius 2 is 2.12 bits per heavy atom. The summed E-state index contributed by atoms with van der Waals surface area (Å²) in [5.74, 6) is 1.25. The van der Waals surface area contributed by atoms with Crippen molar-refractivity contribution in [2.45, 2.75) is 31.8 Å². The average molecular weight is 354 g/mol. The van der Waals surface area contributed by atoms with Crippen LogP contribution in [0.25, 0.3) is 0 Å². The maximum absolute atomic E-state index is 13.1. The molecule has 2 unspecified atom stereocenters. The van der Waals surface area contributed by atoms with Crippen molar-refractivity contribution < 1.29 is 13.2 Å². The van der Waals surface area contributed by atoms with Gasteiger partial charge in [0.2, 0.25) is 5.91 Å². The summed E-state index contributed by atoms with van der Waals surface area (Å²) >= 11 is 0. The van der Waals surface area contributed by atoms with Gasteiger partial charge in [0.15, 0.2) is 9.84 Å². The topological polar surface area (TPSA) is 75.5 Å². The molecule has 7 nitrogen and oxygen atoms in total. The molecule has 2 atom stereocenters. The monoisotopic (exact) mass is 354 g/mol. The Bertz CT molecular complexity index is 698. The molecule has 3 heterocycles. The van der Waals surface area contributed by atoms with Crippen LogP contribution in [-0.4, -0.2) is 78.4 Å². The lowest BCUT2D eigenvalue weighted by Gasteiger charge is -2.34. The molecule has 1 amide bonds. The number of sulfone groups is 1. The van der Waals surface area contributed by atoms with Crippen LogP contribution in [0.5, 0.6) is 0 Å². The third-order valence-electron chi connectivity index (χ3n) is 5.02. The molecular formula is C16H26N4O3S. The fraction of sp³-hybridized carbons (Fsp3) is 0.750. The van der Waals surface area contributed by atoms with Crippen LogP contribution in [0.4, 0.5) is 0 Å². The lowest BCUT2D eigenvalue weighted by atomic mass is 9.95. The molecule has 1 saturated heterocycles. The van der Waals surface area contributed by atoms with E-state index in [1.165, 1.54) is 0 Å². The number of likely N-dealkylation sites (N-methyl/N-ethyl adjacent to an activating group) is 1. The summed E-state index contributed by atoms with van der Waals surface area (Å²) in [4.78, 5) is 21.3. The largest absolute Gasteiger partial charge is 0.337 e. The Labute approximate surface area is 143 Å². The van der Waals surface area contributed by atoms with Gasteiger partial charge in [-0.05, 0) is 26.9 Å². The number of imidazole rings is 1. The summed E-state index contributed by atoms with van der Waals surface area (Å²) in [6, 6.07) is -0.177. The zero-order valence-electron chi connectivity index (χ0n) is 14.4. The highest BCUT2D eigenvalue weighted by Crippen LogP contribution is 2.25. The number of nitrogens with zero attached hydrogens (tertiary/aromatic N) is 4. The van der Waals surface area contributed by atoms with Gasteiger partial charge in [-0.3, -0.25) is 4.79 Å². The predicted octanol–water partition coefficient (Wildman–Crippen LogP) is 0.0228. The van der Waals surface area contributed by atoms with Crippen molar-refractivity contribution in [1.29, 1.82) is 0 Å². The van der Waals surface area contributed by atoms with Crippen LogP contribution in [0.3, 0.4) is 0 Å². The van der Waals surface area contributed by atoms with Crippen LogP contribution in [0.2, 0.25) is 0 Å². The van der Waals surface area contributed by atoms with Crippen LogP contribution < -0.4 is 0 Å². The number of hydrogen-bond acceptors (Lipinski definition) is 5. The molecule has 0 aliphatic carbocycles.